The molecule has 0 saturated heterocycles. The van der Waals surface area contributed by atoms with Crippen molar-refractivity contribution in [3.05, 3.63) is 28.5 Å². The number of nitrogens with one attached hydrogen (secondary N) is 1. The van der Waals surface area contributed by atoms with Crippen LogP contribution in [-0.2, 0) is 14.8 Å². The quantitative estimate of drug-likeness (QED) is 0.855. The number of carbonyl (C=O) groups is 1. The molecule has 0 bridgehead atoms. The Balaban J connectivity index is 2.25. The smallest absolute Gasteiger partial charge is 0.308 e. The third-order valence-corrected chi connectivity index (χ3v) is 5.34. The van der Waals surface area contributed by atoms with E-state index in [4.69, 9.17) is 5.11 Å². The van der Waals surface area contributed by atoms with Crippen molar-refractivity contribution in [3.8, 4) is 0 Å². The fourth-order valence-electron chi connectivity index (χ4n) is 2.35. The predicted molar refractivity (Wildman–Crippen MR) is 73.2 cm³/mol. The van der Waals surface area contributed by atoms with E-state index in [0.717, 1.165) is 12.1 Å². The number of rotatable bonds is 4. The van der Waals surface area contributed by atoms with E-state index in [2.05, 4.69) is 20.7 Å². The molecule has 2 atom stereocenters. The summed E-state index contributed by atoms with van der Waals surface area (Å²) in [6, 6.07) is 2.92. The molecule has 0 spiro atoms. The maximum absolute atomic E-state index is 13.7. The second-order valence-corrected chi connectivity index (χ2v) is 7.28. The van der Waals surface area contributed by atoms with E-state index in [0.29, 0.717) is 23.7 Å². The molecule has 110 valence electrons. The summed E-state index contributed by atoms with van der Waals surface area (Å²) in [6.07, 6.45) is 1.49. The Hall–Kier alpha value is -0.990. The van der Waals surface area contributed by atoms with Crippen molar-refractivity contribution >= 4 is 31.9 Å². The second kappa shape index (κ2) is 5.79. The van der Waals surface area contributed by atoms with Gasteiger partial charge in [0.1, 0.15) is 10.7 Å². The first-order valence-electron chi connectivity index (χ1n) is 6.01. The number of hydrogen-bond donors (Lipinski definition) is 2. The van der Waals surface area contributed by atoms with E-state index in [1.54, 1.807) is 0 Å². The molecule has 1 aromatic carbocycles. The molecular formula is C12H13BrFNO4S. The van der Waals surface area contributed by atoms with Crippen LogP contribution >= 0.6 is 15.9 Å². The summed E-state index contributed by atoms with van der Waals surface area (Å²) in [6.45, 7) is 0. The molecule has 0 aromatic heterocycles. The molecule has 5 nitrogen and oxygen atoms in total. The Bertz CT molecular complexity index is 634. The number of hydrogen-bond acceptors (Lipinski definition) is 3. The van der Waals surface area contributed by atoms with Crippen LogP contribution in [-0.4, -0.2) is 25.5 Å². The van der Waals surface area contributed by atoms with Crippen LogP contribution in [0.4, 0.5) is 4.39 Å². The Morgan fingerprint density at radius 3 is 2.70 bits per heavy atom. The molecule has 0 amide bonds. The molecule has 0 aliphatic heterocycles. The lowest BCUT2D eigenvalue weighted by Crippen LogP contribution is -2.40. The first-order chi connectivity index (χ1) is 9.31. The summed E-state index contributed by atoms with van der Waals surface area (Å²) in [4.78, 5) is 10.6. The van der Waals surface area contributed by atoms with Gasteiger partial charge in [0.05, 0.1) is 5.92 Å². The Morgan fingerprint density at radius 2 is 2.10 bits per heavy atom. The number of carboxylic acid groups (broad SMARTS) is 1. The van der Waals surface area contributed by atoms with Crippen molar-refractivity contribution in [1.29, 1.82) is 0 Å². The minimum absolute atomic E-state index is 0.422. The molecule has 1 aliphatic carbocycles. The van der Waals surface area contributed by atoms with E-state index >= 15 is 0 Å². The molecule has 20 heavy (non-hydrogen) atoms. The van der Waals surface area contributed by atoms with E-state index < -0.39 is 38.7 Å². The van der Waals surface area contributed by atoms with Gasteiger partial charge in [0, 0.05) is 10.5 Å². The van der Waals surface area contributed by atoms with Crippen LogP contribution in [0.25, 0.3) is 0 Å². The van der Waals surface area contributed by atoms with Gasteiger partial charge in [-0.3, -0.25) is 4.79 Å². The summed E-state index contributed by atoms with van der Waals surface area (Å²) in [7, 11) is -4.07. The lowest BCUT2D eigenvalue weighted by molar-refractivity contribution is -0.141. The van der Waals surface area contributed by atoms with Crippen LogP contribution in [0, 0.1) is 11.7 Å². The minimum atomic E-state index is -4.07. The largest absolute Gasteiger partial charge is 0.481 e. The van der Waals surface area contributed by atoms with Gasteiger partial charge < -0.3 is 5.11 Å². The second-order valence-electron chi connectivity index (χ2n) is 4.68. The Morgan fingerprint density at radius 1 is 1.40 bits per heavy atom. The summed E-state index contributed by atoms with van der Waals surface area (Å²) in [5.74, 6) is -2.67. The van der Waals surface area contributed by atoms with Gasteiger partial charge in [-0.25, -0.2) is 17.5 Å². The normalized spacial score (nSPS) is 22.9. The van der Waals surface area contributed by atoms with Gasteiger partial charge in [0.25, 0.3) is 0 Å². The number of sulfonamides is 1. The first-order valence-corrected chi connectivity index (χ1v) is 8.29. The van der Waals surface area contributed by atoms with Crippen molar-refractivity contribution < 1.29 is 22.7 Å². The molecule has 2 unspecified atom stereocenters. The van der Waals surface area contributed by atoms with Gasteiger partial charge >= 0.3 is 5.97 Å². The first kappa shape index (κ1) is 15.4. The topological polar surface area (TPSA) is 83.5 Å². The van der Waals surface area contributed by atoms with Crippen molar-refractivity contribution in [2.45, 2.75) is 30.2 Å². The highest BCUT2D eigenvalue weighted by molar-refractivity contribution is 9.10. The van der Waals surface area contributed by atoms with Gasteiger partial charge in [-0.1, -0.05) is 22.4 Å². The molecule has 1 aliphatic rings. The molecule has 1 saturated carbocycles. The summed E-state index contributed by atoms with van der Waals surface area (Å²) >= 11 is 3.05. The van der Waals surface area contributed by atoms with Crippen molar-refractivity contribution in [2.24, 2.45) is 5.92 Å². The van der Waals surface area contributed by atoms with E-state index in [-0.39, 0.29) is 0 Å². The summed E-state index contributed by atoms with van der Waals surface area (Å²) in [5, 5.41) is 9.03. The van der Waals surface area contributed by atoms with Gasteiger partial charge in [0.15, 0.2) is 0 Å². The van der Waals surface area contributed by atoms with Crippen LogP contribution in [0.2, 0.25) is 0 Å². The molecule has 0 heterocycles. The van der Waals surface area contributed by atoms with Crippen LogP contribution in [0.1, 0.15) is 19.3 Å². The third-order valence-electron chi connectivity index (χ3n) is 3.32. The average molecular weight is 366 g/mol. The summed E-state index contributed by atoms with van der Waals surface area (Å²) < 4.78 is 40.7. The Kier molecular flexibility index (Phi) is 4.46. The van der Waals surface area contributed by atoms with Gasteiger partial charge in [-0.15, -0.1) is 0 Å². The summed E-state index contributed by atoms with van der Waals surface area (Å²) in [5.41, 5.74) is 0. The SMILES string of the molecule is O=C(O)C1CCCC1NS(=O)(=O)c1ccc(Br)cc1F. The Labute approximate surface area is 124 Å². The highest BCUT2D eigenvalue weighted by Crippen LogP contribution is 2.28. The minimum Gasteiger partial charge on any atom is -0.481 e. The van der Waals surface area contributed by atoms with Crippen LogP contribution < -0.4 is 4.72 Å². The lowest BCUT2D eigenvalue weighted by Gasteiger charge is -2.17. The monoisotopic (exact) mass is 365 g/mol. The highest BCUT2D eigenvalue weighted by atomic mass is 79.9. The fraction of sp³-hybridized carbons (Fsp3) is 0.417. The molecule has 2 rings (SSSR count). The van der Waals surface area contributed by atoms with Crippen LogP contribution in [0.3, 0.4) is 0 Å². The maximum Gasteiger partial charge on any atom is 0.308 e. The average Bonchev–Trinajstić information content (AvgIpc) is 2.75. The van der Waals surface area contributed by atoms with Crippen molar-refractivity contribution in [3.63, 3.8) is 0 Å². The zero-order valence-electron chi connectivity index (χ0n) is 10.3. The standard InChI is InChI=1S/C12H13BrFNO4S/c13-7-4-5-11(9(14)6-7)20(18,19)15-10-3-1-2-8(10)12(16)17/h4-6,8,10,15H,1-3H2,(H,16,17). The molecule has 0 radical (unpaired) electrons. The zero-order chi connectivity index (χ0) is 14.9. The number of benzene rings is 1. The molecular weight excluding hydrogens is 353 g/mol. The van der Waals surface area contributed by atoms with Crippen molar-refractivity contribution in [2.75, 3.05) is 0 Å². The van der Waals surface area contributed by atoms with Crippen LogP contribution in [0.5, 0.6) is 0 Å². The third kappa shape index (κ3) is 3.18. The van der Waals surface area contributed by atoms with Crippen molar-refractivity contribution in [1.82, 2.24) is 4.72 Å². The fourth-order valence-corrected chi connectivity index (χ4v) is 4.06. The number of aliphatic carboxylic acids is 1. The van der Waals surface area contributed by atoms with Gasteiger partial charge in [-0.05, 0) is 31.0 Å². The molecule has 2 N–H and O–H groups in total. The highest BCUT2D eigenvalue weighted by Gasteiger charge is 2.36. The molecule has 8 heteroatoms. The van der Waals surface area contributed by atoms with E-state index in [9.17, 15) is 17.6 Å². The van der Waals surface area contributed by atoms with Crippen LogP contribution in [0.15, 0.2) is 27.6 Å². The molecule has 1 fully saturated rings. The van der Waals surface area contributed by atoms with Gasteiger partial charge in [-0.2, -0.15) is 0 Å². The molecule has 1 aromatic rings. The number of carboxylic acids is 1. The maximum atomic E-state index is 13.7. The lowest BCUT2D eigenvalue weighted by atomic mass is 10.1. The zero-order valence-corrected chi connectivity index (χ0v) is 12.7. The van der Waals surface area contributed by atoms with Gasteiger partial charge in [0.2, 0.25) is 10.0 Å². The number of halogens is 2. The van der Waals surface area contributed by atoms with E-state index in [1.807, 2.05) is 0 Å². The predicted octanol–water partition coefficient (Wildman–Crippen LogP) is 2.12. The van der Waals surface area contributed by atoms with E-state index in [1.165, 1.54) is 6.07 Å².